The van der Waals surface area contributed by atoms with Crippen LogP contribution in [-0.2, 0) is 47.8 Å². The maximum Gasteiger partial charge on any atom is 0.407 e. The SMILES string of the molecule is CC(C)[C@H](NC(=O)[C@H](CC(=O)OC(C)(C)C)NC(=O)[C@H](CCCCNC(=O)OC(C)(C)C)NC(=O)[C@H](CCCN=C(N)N)NC(=O)CCCCCNC(=O)CCCC[C@@H]1SC[C@@H]2NC(=O)N[C@@H]21)C(=O)OC(C)(C)C. The molecule has 0 bridgehead atoms. The van der Waals surface area contributed by atoms with Crippen LogP contribution in [0.2, 0.25) is 0 Å². The molecule has 2 heterocycles. The van der Waals surface area contributed by atoms with E-state index in [4.69, 9.17) is 25.7 Å². The Morgan fingerprint density at radius 1 is 0.649 bits per heavy atom. The smallest absolute Gasteiger partial charge is 0.407 e. The average molecular weight is 1070 g/mol. The molecule has 0 aromatic carbocycles. The van der Waals surface area contributed by atoms with Crippen LogP contribution in [0.25, 0.3) is 0 Å². The van der Waals surface area contributed by atoms with Gasteiger partial charge in [0.25, 0.3) is 0 Å². The maximum absolute atomic E-state index is 14.3. The van der Waals surface area contributed by atoms with Crippen molar-refractivity contribution < 1.29 is 57.4 Å². The van der Waals surface area contributed by atoms with Gasteiger partial charge in [-0.25, -0.2) is 14.4 Å². The molecule has 12 N–H and O–H groups in total. The predicted octanol–water partition coefficient (Wildman–Crippen LogP) is 2.81. The monoisotopic (exact) mass is 1070 g/mol. The molecule has 2 rings (SSSR count). The fourth-order valence-electron chi connectivity index (χ4n) is 7.88. The maximum atomic E-state index is 14.3. The third kappa shape index (κ3) is 27.7. The van der Waals surface area contributed by atoms with Crippen molar-refractivity contribution in [3.63, 3.8) is 0 Å². The van der Waals surface area contributed by atoms with Crippen LogP contribution in [0.5, 0.6) is 0 Å². The van der Waals surface area contributed by atoms with Gasteiger partial charge < -0.3 is 68.2 Å². The van der Waals surface area contributed by atoms with E-state index in [9.17, 15) is 43.2 Å². The minimum Gasteiger partial charge on any atom is -0.460 e. The minimum absolute atomic E-state index is 0.00862. The molecule has 8 amide bonds. The van der Waals surface area contributed by atoms with Gasteiger partial charge in [-0.15, -0.1) is 0 Å². The summed E-state index contributed by atoms with van der Waals surface area (Å²) in [4.78, 5) is 123. The van der Waals surface area contributed by atoms with Crippen molar-refractivity contribution in [2.24, 2.45) is 22.4 Å². The van der Waals surface area contributed by atoms with Gasteiger partial charge in [-0.2, -0.15) is 11.8 Å². The van der Waals surface area contributed by atoms with E-state index in [2.05, 4.69) is 47.5 Å². The second-order valence-electron chi connectivity index (χ2n) is 22.2. The zero-order chi connectivity index (χ0) is 55.8. The second-order valence-corrected chi connectivity index (χ2v) is 23.5. The van der Waals surface area contributed by atoms with Crippen LogP contribution in [0.15, 0.2) is 4.99 Å². The molecule has 2 aliphatic rings. The number of ether oxygens (including phenoxy) is 3. The van der Waals surface area contributed by atoms with E-state index >= 15 is 0 Å². The van der Waals surface area contributed by atoms with Crippen LogP contribution in [0.3, 0.4) is 0 Å². The Labute approximate surface area is 442 Å². The van der Waals surface area contributed by atoms with Gasteiger partial charge in [-0.3, -0.25) is 33.8 Å². The number of aliphatic imine (C=N–C) groups is 1. The minimum atomic E-state index is -1.58. The first-order valence-corrected chi connectivity index (χ1v) is 27.1. The summed E-state index contributed by atoms with van der Waals surface area (Å²) in [6.07, 6.45) is 4.41. The zero-order valence-electron chi connectivity index (χ0n) is 45.8. The molecule has 422 valence electrons. The number of nitrogens with one attached hydrogen (secondary N) is 8. The summed E-state index contributed by atoms with van der Waals surface area (Å²) in [6, 6.07) is -5.03. The van der Waals surface area contributed by atoms with Gasteiger partial charge in [-0.05, 0) is 126 Å². The Bertz CT molecular complexity index is 1910. The summed E-state index contributed by atoms with van der Waals surface area (Å²) in [5.41, 5.74) is 8.48. The molecule has 0 aromatic heterocycles. The summed E-state index contributed by atoms with van der Waals surface area (Å²) in [7, 11) is 0. The lowest BCUT2D eigenvalue weighted by molar-refractivity contribution is -0.160. The number of guanidine groups is 1. The molecule has 7 atom stereocenters. The van der Waals surface area contributed by atoms with Gasteiger partial charge in [0, 0.05) is 43.5 Å². The van der Waals surface area contributed by atoms with Crippen LogP contribution in [0.4, 0.5) is 9.59 Å². The number of fused-ring (bicyclic) bond motifs is 1. The van der Waals surface area contributed by atoms with Crippen molar-refractivity contribution >= 4 is 71.3 Å². The van der Waals surface area contributed by atoms with Gasteiger partial charge in [0.15, 0.2) is 5.96 Å². The van der Waals surface area contributed by atoms with Gasteiger partial charge in [-0.1, -0.05) is 26.7 Å². The number of urea groups is 1. The number of alkyl carbamates (subject to hydrolysis) is 1. The van der Waals surface area contributed by atoms with Crippen molar-refractivity contribution in [3.8, 4) is 0 Å². The number of rotatable bonds is 31. The van der Waals surface area contributed by atoms with Crippen molar-refractivity contribution in [1.82, 2.24) is 42.5 Å². The molecule has 23 nitrogen and oxygen atoms in total. The number of carbonyl (C=O) groups excluding carboxylic acids is 9. The third-order valence-electron chi connectivity index (χ3n) is 11.4. The number of hydrogen-bond donors (Lipinski definition) is 10. The molecular weight excluding hydrogens is 979 g/mol. The molecule has 74 heavy (non-hydrogen) atoms. The van der Waals surface area contributed by atoms with E-state index in [1.165, 1.54) is 0 Å². The molecule has 0 aromatic rings. The Morgan fingerprint density at radius 2 is 1.20 bits per heavy atom. The van der Waals surface area contributed by atoms with Crippen molar-refractivity contribution in [2.45, 2.75) is 224 Å². The lowest BCUT2D eigenvalue weighted by atomic mass is 10.0. The number of thioether (sulfide) groups is 1. The molecule has 24 heteroatoms. The van der Waals surface area contributed by atoms with E-state index in [0.717, 1.165) is 25.0 Å². The first kappa shape index (κ1) is 64.6. The number of carbonyl (C=O) groups is 9. The van der Waals surface area contributed by atoms with Crippen LogP contribution >= 0.6 is 11.8 Å². The highest BCUT2D eigenvalue weighted by atomic mass is 32.2. The lowest BCUT2D eigenvalue weighted by Crippen LogP contribution is -2.59. The van der Waals surface area contributed by atoms with E-state index in [1.807, 2.05) is 11.8 Å². The van der Waals surface area contributed by atoms with Gasteiger partial charge in [0.1, 0.15) is 41.0 Å². The molecule has 2 fully saturated rings. The molecule has 2 saturated heterocycles. The van der Waals surface area contributed by atoms with Gasteiger partial charge in [0.05, 0.1) is 18.5 Å². The summed E-state index contributed by atoms with van der Waals surface area (Å²) >= 11 is 1.84. The molecular formula is C50H89N11O12S. The largest absolute Gasteiger partial charge is 0.460 e. The standard InChI is InChI=1S/C50H89N11O12S/c1-30(2)39(44(68)72-49(6,7)8)60-43(67)33(28-38(64)71-48(3,4)5)58-42(66)32(20-16-18-26-55-47(70)73-50(9,10)11)57-41(65)31(21-19-27-54-45(51)52)56-37(63)24-13-12-17-25-53-36(62)23-15-14-22-35-40-34(29-74-35)59-46(69)61-40/h30-35,39-40H,12-29H2,1-11H3,(H,53,62)(H,55,70)(H,56,63)(H,57,65)(H,58,66)(H,60,67)(H4,51,52,54)(H2,59,61,69)/t31-,32-,33-,34-,35-,39-,40-/m0/s1. The average Bonchev–Trinajstić information content (AvgIpc) is 3.82. The number of nitrogens with two attached hydrogens (primary N) is 2. The highest BCUT2D eigenvalue weighted by Crippen LogP contribution is 2.33. The molecule has 0 saturated carbocycles. The van der Waals surface area contributed by atoms with Crippen molar-refractivity contribution in [1.29, 1.82) is 0 Å². The Kier molecular flexibility index (Phi) is 27.4. The molecule has 0 radical (unpaired) electrons. The zero-order valence-corrected chi connectivity index (χ0v) is 46.6. The Hall–Kier alpha value is -5.55. The fourth-order valence-corrected chi connectivity index (χ4v) is 9.43. The third-order valence-corrected chi connectivity index (χ3v) is 12.9. The van der Waals surface area contributed by atoms with E-state index in [1.54, 1.807) is 76.2 Å². The topological polar surface area (TPSA) is 342 Å². The summed E-state index contributed by atoms with van der Waals surface area (Å²) in [6.45, 7) is 19.3. The van der Waals surface area contributed by atoms with E-state index in [0.29, 0.717) is 43.9 Å². The second kappa shape index (κ2) is 31.4. The van der Waals surface area contributed by atoms with Crippen LogP contribution in [-0.4, -0.2) is 143 Å². The van der Waals surface area contributed by atoms with Crippen molar-refractivity contribution in [3.05, 3.63) is 0 Å². The molecule has 2 aliphatic heterocycles. The Morgan fingerprint density at radius 3 is 1.82 bits per heavy atom. The number of unbranched alkanes of at least 4 members (excludes halogenated alkanes) is 4. The molecule has 0 aliphatic carbocycles. The van der Waals surface area contributed by atoms with Gasteiger partial charge >= 0.3 is 24.1 Å². The lowest BCUT2D eigenvalue weighted by Gasteiger charge is -2.29. The highest BCUT2D eigenvalue weighted by molar-refractivity contribution is 8.00. The Balaban J connectivity index is 2.17. The molecule has 0 spiro atoms. The predicted molar refractivity (Wildman–Crippen MR) is 282 cm³/mol. The van der Waals surface area contributed by atoms with Crippen LogP contribution < -0.4 is 54.0 Å². The number of nitrogens with zero attached hydrogens (tertiary/aromatic N) is 1. The van der Waals surface area contributed by atoms with E-state index < -0.39 is 95.0 Å². The molecule has 0 unspecified atom stereocenters. The van der Waals surface area contributed by atoms with Gasteiger partial charge in [0.2, 0.25) is 29.5 Å². The first-order valence-electron chi connectivity index (χ1n) is 26.1. The van der Waals surface area contributed by atoms with Crippen molar-refractivity contribution in [2.75, 3.05) is 25.4 Å². The highest BCUT2D eigenvalue weighted by Gasteiger charge is 2.42. The van der Waals surface area contributed by atoms with Crippen LogP contribution in [0, 0.1) is 5.92 Å². The van der Waals surface area contributed by atoms with E-state index in [-0.39, 0.29) is 75.2 Å². The number of esters is 2. The summed E-state index contributed by atoms with van der Waals surface area (Å²) in [5, 5.41) is 22.6. The van der Waals surface area contributed by atoms with Crippen LogP contribution in [0.1, 0.15) is 166 Å². The summed E-state index contributed by atoms with van der Waals surface area (Å²) in [5.74, 6) is -4.19. The fraction of sp³-hybridized carbons (Fsp3) is 0.800. The quantitative estimate of drug-likeness (QED) is 0.0119. The number of amides is 8. The number of hydrogen-bond acceptors (Lipinski definition) is 14. The summed E-state index contributed by atoms with van der Waals surface area (Å²) < 4.78 is 16.3. The normalized spacial score (nSPS) is 17.9. The first-order chi connectivity index (χ1) is 34.4.